The number of ether oxygens (including phenoxy) is 1. The Hall–Kier alpha value is -4.12. The first-order valence-corrected chi connectivity index (χ1v) is 8.06. The molecule has 1 unspecified atom stereocenters. The molecule has 2 aromatic carbocycles. The minimum absolute atomic E-state index is 0.101. The van der Waals surface area contributed by atoms with E-state index >= 15 is 0 Å². The fraction of sp³-hybridized carbons (Fsp3) is 0.0526. The maximum atomic E-state index is 11.6. The molecule has 2 heterocycles. The van der Waals surface area contributed by atoms with Crippen LogP contribution in [0.4, 0.5) is 5.69 Å². The van der Waals surface area contributed by atoms with E-state index < -0.39 is 10.8 Å². The molecule has 0 fully saturated rings. The Labute approximate surface area is 153 Å². The van der Waals surface area contributed by atoms with E-state index in [0.717, 1.165) is 5.56 Å². The number of fused-ring (bicyclic) bond motifs is 1. The molecule has 0 saturated carbocycles. The minimum Gasteiger partial charge on any atom is -0.420 e. The van der Waals surface area contributed by atoms with E-state index in [1.807, 2.05) is 36.4 Å². The van der Waals surface area contributed by atoms with Crippen LogP contribution in [-0.2, 0) is 0 Å². The molecular weight excluding hydrogens is 346 g/mol. The van der Waals surface area contributed by atoms with Crippen molar-refractivity contribution in [2.45, 2.75) is 5.92 Å². The van der Waals surface area contributed by atoms with E-state index in [0.29, 0.717) is 16.8 Å². The molecule has 1 aromatic heterocycles. The van der Waals surface area contributed by atoms with Gasteiger partial charge in [-0.2, -0.15) is 5.26 Å². The lowest BCUT2D eigenvalue weighted by atomic mass is 9.82. The quantitative estimate of drug-likeness (QED) is 0.545. The summed E-state index contributed by atoms with van der Waals surface area (Å²) < 4.78 is 5.51. The van der Waals surface area contributed by atoms with Crippen molar-refractivity contribution in [3.63, 3.8) is 0 Å². The summed E-state index contributed by atoms with van der Waals surface area (Å²) in [5.41, 5.74) is 8.25. The van der Waals surface area contributed by atoms with Gasteiger partial charge in [0.2, 0.25) is 11.8 Å². The number of nitrogens with two attached hydrogens (primary N) is 1. The Bertz CT molecular complexity index is 1110. The van der Waals surface area contributed by atoms with Crippen molar-refractivity contribution in [1.29, 1.82) is 5.26 Å². The van der Waals surface area contributed by atoms with Gasteiger partial charge >= 0.3 is 0 Å². The molecule has 0 saturated heterocycles. The molecule has 0 aliphatic carbocycles. The molecule has 0 amide bonds. The third-order valence-electron chi connectivity index (χ3n) is 4.45. The predicted octanol–water partition coefficient (Wildman–Crippen LogP) is 3.20. The van der Waals surface area contributed by atoms with E-state index in [1.54, 1.807) is 18.2 Å². The maximum Gasteiger partial charge on any atom is 0.273 e. The zero-order valence-corrected chi connectivity index (χ0v) is 13.9. The average Bonchev–Trinajstić information content (AvgIpc) is 3.10. The Balaban J connectivity index is 2.01. The Morgan fingerprint density at radius 2 is 1.89 bits per heavy atom. The summed E-state index contributed by atoms with van der Waals surface area (Å²) in [5.74, 6) is -0.679. The van der Waals surface area contributed by atoms with Crippen LogP contribution in [0, 0.1) is 21.4 Å². The Morgan fingerprint density at radius 3 is 2.59 bits per heavy atom. The molecule has 3 N–H and O–H groups in total. The third kappa shape index (κ3) is 2.58. The number of nitrogens with zero attached hydrogens (tertiary/aromatic N) is 3. The minimum atomic E-state index is -0.769. The highest BCUT2D eigenvalue weighted by molar-refractivity contribution is 5.72. The fourth-order valence-electron chi connectivity index (χ4n) is 3.28. The first-order valence-electron chi connectivity index (χ1n) is 8.06. The molecule has 0 radical (unpaired) electrons. The van der Waals surface area contributed by atoms with Crippen LogP contribution in [0.2, 0.25) is 0 Å². The molecule has 8 heteroatoms. The van der Waals surface area contributed by atoms with Gasteiger partial charge in [0.25, 0.3) is 5.69 Å². The lowest BCUT2D eigenvalue weighted by molar-refractivity contribution is -0.385. The van der Waals surface area contributed by atoms with E-state index in [1.165, 1.54) is 6.07 Å². The maximum absolute atomic E-state index is 11.6. The van der Waals surface area contributed by atoms with E-state index in [-0.39, 0.29) is 23.0 Å². The number of benzene rings is 2. The third-order valence-corrected chi connectivity index (χ3v) is 4.45. The summed E-state index contributed by atoms with van der Waals surface area (Å²) in [5, 5.41) is 28.3. The molecule has 0 spiro atoms. The number of nitro groups is 1. The number of nitro benzene ring substituents is 1. The van der Waals surface area contributed by atoms with Crippen LogP contribution in [0.25, 0.3) is 11.3 Å². The second-order valence-electron chi connectivity index (χ2n) is 5.92. The van der Waals surface area contributed by atoms with Crippen molar-refractivity contribution in [3.8, 4) is 23.2 Å². The second kappa shape index (κ2) is 6.31. The Kier molecular flexibility index (Phi) is 3.82. The largest absolute Gasteiger partial charge is 0.420 e. The summed E-state index contributed by atoms with van der Waals surface area (Å²) in [6.07, 6.45) is 0. The lowest BCUT2D eigenvalue weighted by Gasteiger charge is -2.23. The first kappa shape index (κ1) is 16.4. The highest BCUT2D eigenvalue weighted by Crippen LogP contribution is 2.47. The van der Waals surface area contributed by atoms with Crippen LogP contribution in [-0.4, -0.2) is 15.1 Å². The van der Waals surface area contributed by atoms with Gasteiger partial charge in [0, 0.05) is 11.6 Å². The number of nitriles is 1. The normalized spacial score (nSPS) is 15.6. The summed E-state index contributed by atoms with van der Waals surface area (Å²) >= 11 is 0. The zero-order valence-electron chi connectivity index (χ0n) is 13.9. The topological polar surface area (TPSA) is 131 Å². The first-order chi connectivity index (χ1) is 13.1. The van der Waals surface area contributed by atoms with E-state index in [9.17, 15) is 15.4 Å². The van der Waals surface area contributed by atoms with Gasteiger partial charge in [-0.15, -0.1) is 5.10 Å². The zero-order chi connectivity index (χ0) is 19.0. The van der Waals surface area contributed by atoms with Crippen molar-refractivity contribution < 1.29 is 9.66 Å². The van der Waals surface area contributed by atoms with Gasteiger partial charge in [-0.05, 0) is 5.56 Å². The molecule has 8 nitrogen and oxygen atoms in total. The monoisotopic (exact) mass is 359 g/mol. The van der Waals surface area contributed by atoms with Gasteiger partial charge in [0.1, 0.15) is 11.6 Å². The molecule has 4 rings (SSSR count). The number of aromatic amines is 1. The van der Waals surface area contributed by atoms with Crippen molar-refractivity contribution in [1.82, 2.24) is 10.2 Å². The predicted molar refractivity (Wildman–Crippen MR) is 96.4 cm³/mol. The highest BCUT2D eigenvalue weighted by Gasteiger charge is 2.38. The van der Waals surface area contributed by atoms with Gasteiger partial charge in [-0.1, -0.05) is 48.5 Å². The number of rotatable bonds is 3. The standard InChI is InChI=1S/C19H13N5O3/c20-10-13-15(12-8-4-5-9-14(12)24(25)26)16-17(11-6-2-1-3-7-11)22-23-19(16)27-18(13)21/h1-9,15H,21H2,(H,22,23). The molecule has 1 aliphatic heterocycles. The molecule has 1 atom stereocenters. The van der Waals surface area contributed by atoms with Crippen molar-refractivity contribution in [2.75, 3.05) is 0 Å². The van der Waals surface area contributed by atoms with Crippen LogP contribution in [0.15, 0.2) is 66.1 Å². The average molecular weight is 359 g/mol. The van der Waals surface area contributed by atoms with Crippen LogP contribution < -0.4 is 10.5 Å². The highest BCUT2D eigenvalue weighted by atomic mass is 16.6. The van der Waals surface area contributed by atoms with Crippen LogP contribution in [0.1, 0.15) is 17.0 Å². The van der Waals surface area contributed by atoms with Gasteiger partial charge in [0.05, 0.1) is 22.1 Å². The molecule has 1 aliphatic rings. The van der Waals surface area contributed by atoms with Gasteiger partial charge in [-0.25, -0.2) is 0 Å². The molecule has 27 heavy (non-hydrogen) atoms. The smallest absolute Gasteiger partial charge is 0.273 e. The van der Waals surface area contributed by atoms with Crippen LogP contribution in [0.5, 0.6) is 5.88 Å². The number of H-pyrrole nitrogens is 1. The number of hydrogen-bond acceptors (Lipinski definition) is 6. The van der Waals surface area contributed by atoms with Crippen molar-refractivity contribution in [2.24, 2.45) is 5.73 Å². The van der Waals surface area contributed by atoms with Crippen molar-refractivity contribution in [3.05, 3.63) is 87.3 Å². The molecule has 0 bridgehead atoms. The van der Waals surface area contributed by atoms with E-state index in [2.05, 4.69) is 10.2 Å². The van der Waals surface area contributed by atoms with Crippen LogP contribution in [0.3, 0.4) is 0 Å². The number of allylic oxidation sites excluding steroid dienone is 1. The van der Waals surface area contributed by atoms with Gasteiger partial charge in [-0.3, -0.25) is 15.2 Å². The number of nitrogens with one attached hydrogen (secondary N) is 1. The summed E-state index contributed by atoms with van der Waals surface area (Å²) in [7, 11) is 0. The second-order valence-corrected chi connectivity index (χ2v) is 5.92. The summed E-state index contributed by atoms with van der Waals surface area (Å²) in [4.78, 5) is 11.1. The lowest BCUT2D eigenvalue weighted by Crippen LogP contribution is -2.21. The molecular formula is C19H13N5O3. The number of hydrogen-bond donors (Lipinski definition) is 2. The molecule has 3 aromatic rings. The number of aromatic nitrogens is 2. The Morgan fingerprint density at radius 1 is 1.19 bits per heavy atom. The van der Waals surface area contributed by atoms with Gasteiger partial charge < -0.3 is 10.5 Å². The van der Waals surface area contributed by atoms with E-state index in [4.69, 9.17) is 10.5 Å². The summed E-state index contributed by atoms with van der Waals surface area (Å²) in [6.45, 7) is 0. The molecule has 132 valence electrons. The fourth-order valence-corrected chi connectivity index (χ4v) is 3.28. The van der Waals surface area contributed by atoms with Crippen molar-refractivity contribution >= 4 is 5.69 Å². The SMILES string of the molecule is N#CC1=C(N)Oc2n[nH]c(-c3ccccc3)c2C1c1ccccc1[N+](=O)[O-]. The summed E-state index contributed by atoms with van der Waals surface area (Å²) in [6, 6.07) is 17.7. The number of para-hydroxylation sites is 1. The van der Waals surface area contributed by atoms with Gasteiger partial charge in [0.15, 0.2) is 0 Å². The van der Waals surface area contributed by atoms with Crippen LogP contribution >= 0.6 is 0 Å².